The normalized spacial score (nSPS) is 11.1. The molecule has 0 N–H and O–H groups in total. The van der Waals surface area contributed by atoms with Crippen LogP contribution in [0.5, 0.6) is 0 Å². The monoisotopic (exact) mass is 186 g/mol. The Hall–Kier alpha value is -1.44. The van der Waals surface area contributed by atoms with Crippen LogP contribution >= 0.6 is 0 Å². The highest BCUT2D eigenvalue weighted by Crippen LogP contribution is 2.21. The zero-order valence-electron chi connectivity index (χ0n) is 8.78. The van der Waals surface area contributed by atoms with Crippen LogP contribution in [-0.4, -0.2) is 9.97 Å². The van der Waals surface area contributed by atoms with Crippen LogP contribution in [0.25, 0.3) is 10.9 Å². The number of hydrogen-bond acceptors (Lipinski definition) is 2. The van der Waals surface area contributed by atoms with E-state index in [1.165, 1.54) is 10.9 Å². The quantitative estimate of drug-likeness (QED) is 0.684. The highest BCUT2D eigenvalue weighted by molar-refractivity contribution is 5.81. The second-order valence-corrected chi connectivity index (χ2v) is 3.93. The van der Waals surface area contributed by atoms with Gasteiger partial charge in [-0.05, 0) is 24.5 Å². The molecule has 0 radical (unpaired) electrons. The summed E-state index contributed by atoms with van der Waals surface area (Å²) >= 11 is 0. The van der Waals surface area contributed by atoms with Crippen LogP contribution in [0, 0.1) is 6.92 Å². The van der Waals surface area contributed by atoms with E-state index in [-0.39, 0.29) is 0 Å². The third-order valence-corrected chi connectivity index (χ3v) is 2.37. The number of fused-ring (bicyclic) bond motifs is 1. The van der Waals surface area contributed by atoms with Crippen molar-refractivity contribution in [3.05, 3.63) is 35.8 Å². The van der Waals surface area contributed by atoms with Gasteiger partial charge in [-0.25, -0.2) is 9.97 Å². The van der Waals surface area contributed by atoms with Gasteiger partial charge in [0.1, 0.15) is 6.33 Å². The number of benzene rings is 1. The second-order valence-electron chi connectivity index (χ2n) is 3.93. The largest absolute Gasteiger partial charge is 0.240 e. The number of hydrogen-bond donors (Lipinski definition) is 0. The summed E-state index contributed by atoms with van der Waals surface area (Å²) in [5, 5.41) is 1.17. The highest BCUT2D eigenvalue weighted by atomic mass is 14.8. The summed E-state index contributed by atoms with van der Waals surface area (Å²) in [5.74, 6) is 0.447. The molecule has 2 heteroatoms. The predicted octanol–water partition coefficient (Wildman–Crippen LogP) is 3.06. The topological polar surface area (TPSA) is 25.8 Å². The first-order valence-corrected chi connectivity index (χ1v) is 4.90. The Bertz CT molecular complexity index is 461. The van der Waals surface area contributed by atoms with Crippen LogP contribution in [-0.2, 0) is 0 Å². The summed E-state index contributed by atoms with van der Waals surface area (Å²) in [4.78, 5) is 8.60. The average molecular weight is 186 g/mol. The highest BCUT2D eigenvalue weighted by Gasteiger charge is 2.06. The molecule has 2 nitrogen and oxygen atoms in total. The molecule has 0 unspecified atom stereocenters. The Kier molecular flexibility index (Phi) is 2.20. The molecule has 2 aromatic rings. The molecule has 72 valence electrons. The van der Waals surface area contributed by atoms with E-state index in [1.807, 2.05) is 0 Å². The maximum Gasteiger partial charge on any atom is 0.116 e. The summed E-state index contributed by atoms with van der Waals surface area (Å²) in [6.45, 7) is 6.39. The smallest absolute Gasteiger partial charge is 0.116 e. The SMILES string of the molecule is Cc1ccc2c(C(C)C)ncnc2c1. The molecule has 14 heavy (non-hydrogen) atoms. The van der Waals surface area contributed by atoms with Gasteiger partial charge >= 0.3 is 0 Å². The Labute approximate surface area is 84.0 Å². The molecule has 1 aromatic heterocycles. The van der Waals surface area contributed by atoms with Gasteiger partial charge < -0.3 is 0 Å². The molecular weight excluding hydrogens is 172 g/mol. The molecule has 2 rings (SSSR count). The molecular formula is C12H14N2. The molecule has 0 atom stereocenters. The van der Waals surface area contributed by atoms with Crippen molar-refractivity contribution in [2.24, 2.45) is 0 Å². The Morgan fingerprint density at radius 1 is 1.14 bits per heavy atom. The van der Waals surface area contributed by atoms with E-state index < -0.39 is 0 Å². The van der Waals surface area contributed by atoms with Crippen molar-refractivity contribution >= 4 is 10.9 Å². The maximum atomic E-state index is 4.32. The van der Waals surface area contributed by atoms with Crippen LogP contribution in [0.2, 0.25) is 0 Å². The molecule has 0 aliphatic heterocycles. The van der Waals surface area contributed by atoms with E-state index in [0.29, 0.717) is 5.92 Å². The lowest BCUT2D eigenvalue weighted by atomic mass is 10.0. The fourth-order valence-electron chi connectivity index (χ4n) is 1.65. The summed E-state index contributed by atoms with van der Waals surface area (Å²) < 4.78 is 0. The summed E-state index contributed by atoms with van der Waals surface area (Å²) in [6, 6.07) is 6.32. The molecule has 1 aromatic carbocycles. The Morgan fingerprint density at radius 2 is 1.93 bits per heavy atom. The first-order chi connectivity index (χ1) is 6.68. The Morgan fingerprint density at radius 3 is 2.64 bits per heavy atom. The van der Waals surface area contributed by atoms with Gasteiger partial charge in [0.2, 0.25) is 0 Å². The average Bonchev–Trinajstić information content (AvgIpc) is 2.16. The van der Waals surface area contributed by atoms with E-state index in [9.17, 15) is 0 Å². The van der Waals surface area contributed by atoms with Crippen molar-refractivity contribution < 1.29 is 0 Å². The van der Waals surface area contributed by atoms with Gasteiger partial charge in [0.25, 0.3) is 0 Å². The minimum atomic E-state index is 0.447. The molecule has 0 spiro atoms. The minimum absolute atomic E-state index is 0.447. The summed E-state index contributed by atoms with van der Waals surface area (Å²) in [6.07, 6.45) is 1.65. The van der Waals surface area contributed by atoms with Gasteiger partial charge in [-0.3, -0.25) is 0 Å². The van der Waals surface area contributed by atoms with E-state index in [1.54, 1.807) is 6.33 Å². The van der Waals surface area contributed by atoms with Gasteiger partial charge in [0.05, 0.1) is 11.2 Å². The van der Waals surface area contributed by atoms with Crippen molar-refractivity contribution in [1.29, 1.82) is 0 Å². The third-order valence-electron chi connectivity index (χ3n) is 2.37. The van der Waals surface area contributed by atoms with Gasteiger partial charge in [-0.15, -0.1) is 0 Å². The van der Waals surface area contributed by atoms with Crippen molar-refractivity contribution in [3.63, 3.8) is 0 Å². The molecule has 0 aliphatic rings. The zero-order valence-corrected chi connectivity index (χ0v) is 8.78. The molecule has 0 fully saturated rings. The number of aromatic nitrogens is 2. The standard InChI is InChI=1S/C12H14N2/c1-8(2)12-10-5-4-9(3)6-11(10)13-7-14-12/h4-8H,1-3H3. The lowest BCUT2D eigenvalue weighted by molar-refractivity contribution is 0.828. The van der Waals surface area contributed by atoms with E-state index in [0.717, 1.165) is 11.2 Å². The van der Waals surface area contributed by atoms with Crippen molar-refractivity contribution in [3.8, 4) is 0 Å². The number of aryl methyl sites for hydroxylation is 1. The fraction of sp³-hybridized carbons (Fsp3) is 0.333. The van der Waals surface area contributed by atoms with Crippen LogP contribution in [0.15, 0.2) is 24.5 Å². The van der Waals surface area contributed by atoms with Gasteiger partial charge in [0.15, 0.2) is 0 Å². The van der Waals surface area contributed by atoms with E-state index >= 15 is 0 Å². The third kappa shape index (κ3) is 1.48. The lowest BCUT2D eigenvalue weighted by Crippen LogP contribution is -1.95. The van der Waals surface area contributed by atoms with Crippen LogP contribution < -0.4 is 0 Å². The van der Waals surface area contributed by atoms with Crippen molar-refractivity contribution in [1.82, 2.24) is 9.97 Å². The van der Waals surface area contributed by atoms with Gasteiger partial charge in [-0.1, -0.05) is 26.0 Å². The molecule has 0 bridgehead atoms. The van der Waals surface area contributed by atoms with Crippen molar-refractivity contribution in [2.45, 2.75) is 26.7 Å². The van der Waals surface area contributed by atoms with Crippen LogP contribution in [0.1, 0.15) is 31.0 Å². The zero-order chi connectivity index (χ0) is 10.1. The minimum Gasteiger partial charge on any atom is -0.240 e. The summed E-state index contributed by atoms with van der Waals surface area (Å²) in [7, 11) is 0. The number of rotatable bonds is 1. The fourth-order valence-corrected chi connectivity index (χ4v) is 1.65. The van der Waals surface area contributed by atoms with Gasteiger partial charge in [0, 0.05) is 5.39 Å². The first-order valence-electron chi connectivity index (χ1n) is 4.90. The molecule has 0 amide bonds. The van der Waals surface area contributed by atoms with Crippen molar-refractivity contribution in [2.75, 3.05) is 0 Å². The predicted molar refractivity (Wildman–Crippen MR) is 58.4 cm³/mol. The molecule has 0 saturated carbocycles. The maximum absolute atomic E-state index is 4.32. The first kappa shape index (κ1) is 9.13. The van der Waals surface area contributed by atoms with E-state index in [4.69, 9.17) is 0 Å². The number of nitrogens with zero attached hydrogens (tertiary/aromatic N) is 2. The van der Waals surface area contributed by atoms with Crippen LogP contribution in [0.4, 0.5) is 0 Å². The lowest BCUT2D eigenvalue weighted by Gasteiger charge is -2.07. The molecule has 0 saturated heterocycles. The molecule has 0 aliphatic carbocycles. The molecule has 1 heterocycles. The van der Waals surface area contributed by atoms with Gasteiger partial charge in [-0.2, -0.15) is 0 Å². The van der Waals surface area contributed by atoms with Crippen LogP contribution in [0.3, 0.4) is 0 Å². The van der Waals surface area contributed by atoms with E-state index in [2.05, 4.69) is 48.9 Å². The Balaban J connectivity index is 2.75. The second kappa shape index (κ2) is 3.37. The summed E-state index contributed by atoms with van der Waals surface area (Å²) in [5.41, 5.74) is 3.42.